The average molecular weight is 237 g/mol. The Kier molecular flexibility index (Phi) is 3.21. The predicted molar refractivity (Wildman–Crippen MR) is 63.1 cm³/mol. The molecule has 0 aliphatic rings. The quantitative estimate of drug-likeness (QED) is 0.844. The lowest BCUT2D eigenvalue weighted by Crippen LogP contribution is -2.05. The minimum Gasteiger partial charge on any atom is -0.493 e. The van der Waals surface area contributed by atoms with Gasteiger partial charge in [-0.15, -0.1) is 0 Å². The summed E-state index contributed by atoms with van der Waals surface area (Å²) in [7, 11) is 1.59. The number of methoxy groups -OCH3 is 1. The summed E-state index contributed by atoms with van der Waals surface area (Å²) in [4.78, 5) is 17.7. The van der Waals surface area contributed by atoms with E-state index in [0.717, 1.165) is 17.0 Å². The monoisotopic (exact) mass is 237 g/mol. The highest BCUT2D eigenvalue weighted by Crippen LogP contribution is 2.20. The number of aromatic amines is 1. The molecule has 0 amide bonds. The van der Waals surface area contributed by atoms with Crippen LogP contribution in [0.2, 0.25) is 0 Å². The van der Waals surface area contributed by atoms with Gasteiger partial charge in [-0.3, -0.25) is 4.79 Å². The molecule has 0 bridgehead atoms. The molecule has 2 aromatic heterocycles. The Morgan fingerprint density at radius 1 is 1.62 bits per heavy atom. The van der Waals surface area contributed by atoms with Crippen LogP contribution in [0.1, 0.15) is 5.69 Å². The van der Waals surface area contributed by atoms with Crippen LogP contribution in [0.4, 0.5) is 5.82 Å². The van der Waals surface area contributed by atoms with Gasteiger partial charge in [0.05, 0.1) is 13.7 Å². The Labute approximate surface area is 96.1 Å². The minimum absolute atomic E-state index is 0.0511. The SMILES string of the molecule is COc1cccnc1NCc1csc(=O)[nH]1. The summed E-state index contributed by atoms with van der Waals surface area (Å²) in [5, 5.41) is 4.88. The number of thiazole rings is 1. The lowest BCUT2D eigenvalue weighted by Gasteiger charge is -2.08. The summed E-state index contributed by atoms with van der Waals surface area (Å²) in [6, 6.07) is 3.63. The molecule has 0 aliphatic heterocycles. The van der Waals surface area contributed by atoms with Crippen molar-refractivity contribution in [3.8, 4) is 5.75 Å². The second-order valence-corrected chi connectivity index (χ2v) is 3.92. The molecule has 5 nitrogen and oxygen atoms in total. The first-order valence-electron chi connectivity index (χ1n) is 4.69. The summed E-state index contributed by atoms with van der Waals surface area (Å²) >= 11 is 1.15. The van der Waals surface area contributed by atoms with E-state index in [4.69, 9.17) is 4.74 Å². The van der Waals surface area contributed by atoms with Crippen molar-refractivity contribution in [1.82, 2.24) is 9.97 Å². The maximum Gasteiger partial charge on any atom is 0.304 e. The molecule has 0 unspecified atom stereocenters. The van der Waals surface area contributed by atoms with Gasteiger partial charge in [0, 0.05) is 17.3 Å². The Bertz CT molecular complexity index is 521. The van der Waals surface area contributed by atoms with Gasteiger partial charge in [0.1, 0.15) is 0 Å². The Morgan fingerprint density at radius 3 is 3.19 bits per heavy atom. The fraction of sp³-hybridized carbons (Fsp3) is 0.200. The van der Waals surface area contributed by atoms with Gasteiger partial charge in [-0.1, -0.05) is 11.3 Å². The minimum atomic E-state index is -0.0511. The number of hydrogen-bond acceptors (Lipinski definition) is 5. The van der Waals surface area contributed by atoms with Gasteiger partial charge >= 0.3 is 4.87 Å². The van der Waals surface area contributed by atoms with E-state index in [9.17, 15) is 4.79 Å². The van der Waals surface area contributed by atoms with Gasteiger partial charge in [-0.25, -0.2) is 4.98 Å². The molecule has 0 atom stereocenters. The van der Waals surface area contributed by atoms with Gasteiger partial charge in [0.2, 0.25) is 0 Å². The van der Waals surface area contributed by atoms with Crippen molar-refractivity contribution in [2.45, 2.75) is 6.54 Å². The number of H-pyrrole nitrogens is 1. The zero-order chi connectivity index (χ0) is 11.4. The van der Waals surface area contributed by atoms with Gasteiger partial charge in [0.25, 0.3) is 0 Å². The molecule has 2 heterocycles. The second-order valence-electron chi connectivity index (χ2n) is 3.08. The number of hydrogen-bond donors (Lipinski definition) is 2. The number of rotatable bonds is 4. The molecule has 0 radical (unpaired) electrons. The highest BCUT2D eigenvalue weighted by molar-refractivity contribution is 7.07. The first-order valence-corrected chi connectivity index (χ1v) is 5.57. The fourth-order valence-corrected chi connectivity index (χ4v) is 1.85. The highest BCUT2D eigenvalue weighted by Gasteiger charge is 2.03. The van der Waals surface area contributed by atoms with Crippen LogP contribution in [0.25, 0.3) is 0 Å². The van der Waals surface area contributed by atoms with Crippen molar-refractivity contribution in [2.24, 2.45) is 0 Å². The molecule has 0 saturated carbocycles. The second kappa shape index (κ2) is 4.80. The maximum absolute atomic E-state index is 10.9. The van der Waals surface area contributed by atoms with Crippen molar-refractivity contribution in [2.75, 3.05) is 12.4 Å². The average Bonchev–Trinajstić information content (AvgIpc) is 2.73. The smallest absolute Gasteiger partial charge is 0.304 e. The third-order valence-electron chi connectivity index (χ3n) is 2.01. The van der Waals surface area contributed by atoms with E-state index in [-0.39, 0.29) is 4.87 Å². The summed E-state index contributed by atoms with van der Waals surface area (Å²) in [5.41, 5.74) is 0.836. The van der Waals surface area contributed by atoms with Crippen molar-refractivity contribution in [1.29, 1.82) is 0 Å². The van der Waals surface area contributed by atoms with Gasteiger partial charge < -0.3 is 15.0 Å². The zero-order valence-corrected chi connectivity index (χ0v) is 9.50. The van der Waals surface area contributed by atoms with Crippen molar-refractivity contribution in [3.05, 3.63) is 39.1 Å². The molecular weight excluding hydrogens is 226 g/mol. The predicted octanol–water partition coefficient (Wildman–Crippen LogP) is 1.45. The van der Waals surface area contributed by atoms with E-state index in [0.29, 0.717) is 18.1 Å². The van der Waals surface area contributed by atoms with Crippen LogP contribution in [-0.2, 0) is 6.54 Å². The number of nitrogens with zero attached hydrogens (tertiary/aromatic N) is 1. The van der Waals surface area contributed by atoms with Gasteiger partial charge in [-0.2, -0.15) is 0 Å². The summed E-state index contributed by atoms with van der Waals surface area (Å²) in [6.07, 6.45) is 1.68. The highest BCUT2D eigenvalue weighted by atomic mass is 32.1. The van der Waals surface area contributed by atoms with Crippen LogP contribution in [-0.4, -0.2) is 17.1 Å². The van der Waals surface area contributed by atoms with E-state index in [1.807, 2.05) is 6.07 Å². The van der Waals surface area contributed by atoms with E-state index >= 15 is 0 Å². The number of pyridine rings is 1. The van der Waals surface area contributed by atoms with Gasteiger partial charge in [-0.05, 0) is 12.1 Å². The van der Waals surface area contributed by atoms with Crippen molar-refractivity contribution in [3.63, 3.8) is 0 Å². The zero-order valence-electron chi connectivity index (χ0n) is 8.69. The van der Waals surface area contributed by atoms with E-state index < -0.39 is 0 Å². The third-order valence-corrected chi connectivity index (χ3v) is 2.73. The summed E-state index contributed by atoms with van der Waals surface area (Å²) < 4.78 is 5.14. The molecule has 84 valence electrons. The van der Waals surface area contributed by atoms with Crippen LogP contribution in [0.3, 0.4) is 0 Å². The standard InChI is InChI=1S/C10H11N3O2S/c1-15-8-3-2-4-11-9(8)12-5-7-6-16-10(14)13-7/h2-4,6H,5H2,1H3,(H,11,12)(H,13,14). The first kappa shape index (κ1) is 10.7. The van der Waals surface area contributed by atoms with Gasteiger partial charge in [0.15, 0.2) is 11.6 Å². The van der Waals surface area contributed by atoms with Crippen LogP contribution < -0.4 is 14.9 Å². The third kappa shape index (κ3) is 2.40. The Balaban J connectivity index is 2.07. The molecule has 16 heavy (non-hydrogen) atoms. The molecule has 2 N–H and O–H groups in total. The van der Waals surface area contributed by atoms with E-state index in [2.05, 4.69) is 15.3 Å². The molecule has 0 fully saturated rings. The largest absolute Gasteiger partial charge is 0.493 e. The normalized spacial score (nSPS) is 10.1. The van der Waals surface area contributed by atoms with Crippen LogP contribution in [0, 0.1) is 0 Å². The lowest BCUT2D eigenvalue weighted by molar-refractivity contribution is 0.415. The molecule has 6 heteroatoms. The van der Waals surface area contributed by atoms with Crippen molar-refractivity contribution >= 4 is 17.2 Å². The van der Waals surface area contributed by atoms with Crippen molar-refractivity contribution < 1.29 is 4.74 Å². The Hall–Kier alpha value is -1.82. The molecule has 0 saturated heterocycles. The summed E-state index contributed by atoms with van der Waals surface area (Å²) in [6.45, 7) is 0.520. The van der Waals surface area contributed by atoms with Crippen LogP contribution in [0.15, 0.2) is 28.5 Å². The molecule has 2 aromatic rings. The molecule has 0 aliphatic carbocycles. The number of anilines is 1. The number of nitrogens with one attached hydrogen (secondary N) is 2. The van der Waals surface area contributed by atoms with E-state index in [1.165, 1.54) is 0 Å². The number of ether oxygens (including phenoxy) is 1. The maximum atomic E-state index is 10.9. The fourth-order valence-electron chi connectivity index (χ4n) is 1.27. The van der Waals surface area contributed by atoms with E-state index in [1.54, 1.807) is 24.8 Å². The Morgan fingerprint density at radius 2 is 2.50 bits per heavy atom. The lowest BCUT2D eigenvalue weighted by atomic mass is 10.4. The molecule has 2 rings (SSSR count). The van der Waals surface area contributed by atoms with Crippen LogP contribution >= 0.6 is 11.3 Å². The summed E-state index contributed by atoms with van der Waals surface area (Å²) in [5.74, 6) is 1.34. The first-order chi connectivity index (χ1) is 7.79. The molecule has 0 spiro atoms. The van der Waals surface area contributed by atoms with Crippen LogP contribution in [0.5, 0.6) is 5.75 Å². The number of aromatic nitrogens is 2. The molecule has 0 aromatic carbocycles. The molecular formula is C10H11N3O2S. The topological polar surface area (TPSA) is 67.0 Å².